The molecule has 6 heteroatoms. The molecule has 1 amide bonds. The van der Waals surface area contributed by atoms with Gasteiger partial charge in [0, 0.05) is 32.3 Å². The van der Waals surface area contributed by atoms with Crippen LogP contribution in [-0.4, -0.2) is 38.7 Å². The first-order valence-electron chi connectivity index (χ1n) is 7.27. The molecule has 2 aromatic heterocycles. The van der Waals surface area contributed by atoms with Gasteiger partial charge in [0.25, 0.3) is 5.91 Å². The number of rotatable bonds is 2. The van der Waals surface area contributed by atoms with Crippen LogP contribution in [0.4, 0.5) is 0 Å². The van der Waals surface area contributed by atoms with Gasteiger partial charge < -0.3 is 4.90 Å². The van der Waals surface area contributed by atoms with Crippen LogP contribution in [0, 0.1) is 13.8 Å². The first-order valence-corrected chi connectivity index (χ1v) is 8.09. The quantitative estimate of drug-likeness (QED) is 0.856. The Morgan fingerprint density at radius 2 is 2.24 bits per heavy atom. The molecule has 0 spiro atoms. The molecular weight excluding hydrogens is 284 g/mol. The van der Waals surface area contributed by atoms with Crippen molar-refractivity contribution in [3.8, 4) is 0 Å². The summed E-state index contributed by atoms with van der Waals surface area (Å²) < 4.78 is 1.83. The molecule has 0 saturated carbocycles. The average molecular weight is 304 g/mol. The molecule has 0 aliphatic carbocycles. The van der Waals surface area contributed by atoms with Gasteiger partial charge in [0.1, 0.15) is 4.88 Å². The second kappa shape index (κ2) is 5.60. The number of amides is 1. The van der Waals surface area contributed by atoms with E-state index in [-0.39, 0.29) is 5.91 Å². The van der Waals surface area contributed by atoms with Gasteiger partial charge in [-0.2, -0.15) is 5.10 Å². The molecule has 0 unspecified atom stereocenters. The normalized spacial score (nSPS) is 19.0. The molecular formula is C15H20N4OS. The standard InChI is InChI=1S/C15H20N4OS/c1-10-14(21-11(2)16-10)15(20)19-7-4-5-12(9-19)13-6-8-18(3)17-13/h6,8,12H,4-5,7,9H2,1-3H3/t12-/m1/s1. The molecule has 1 aliphatic heterocycles. The zero-order chi connectivity index (χ0) is 15.0. The summed E-state index contributed by atoms with van der Waals surface area (Å²) in [5.41, 5.74) is 1.94. The molecule has 0 N–H and O–H groups in total. The van der Waals surface area contributed by atoms with Gasteiger partial charge >= 0.3 is 0 Å². The minimum Gasteiger partial charge on any atom is -0.337 e. The SMILES string of the molecule is Cc1nc(C)c(C(=O)N2CCC[C@@H](c3ccn(C)n3)C2)s1. The Morgan fingerprint density at radius 1 is 1.43 bits per heavy atom. The maximum absolute atomic E-state index is 12.7. The lowest BCUT2D eigenvalue weighted by Gasteiger charge is -2.31. The molecule has 112 valence electrons. The van der Waals surface area contributed by atoms with E-state index in [1.54, 1.807) is 0 Å². The van der Waals surface area contributed by atoms with Crippen LogP contribution in [-0.2, 0) is 7.05 Å². The molecule has 21 heavy (non-hydrogen) atoms. The summed E-state index contributed by atoms with van der Waals surface area (Å²) in [5.74, 6) is 0.469. The topological polar surface area (TPSA) is 51.0 Å². The van der Waals surface area contributed by atoms with Gasteiger partial charge in [-0.25, -0.2) is 4.98 Å². The van der Waals surface area contributed by atoms with Gasteiger partial charge in [0.2, 0.25) is 0 Å². The van der Waals surface area contributed by atoms with Crippen molar-refractivity contribution in [2.24, 2.45) is 7.05 Å². The molecule has 0 bridgehead atoms. The number of aromatic nitrogens is 3. The Morgan fingerprint density at radius 3 is 2.86 bits per heavy atom. The van der Waals surface area contributed by atoms with Crippen molar-refractivity contribution in [1.29, 1.82) is 0 Å². The van der Waals surface area contributed by atoms with Crippen molar-refractivity contribution in [3.05, 3.63) is 33.5 Å². The van der Waals surface area contributed by atoms with Crippen molar-refractivity contribution in [3.63, 3.8) is 0 Å². The maximum atomic E-state index is 12.7. The molecule has 0 radical (unpaired) electrons. The smallest absolute Gasteiger partial charge is 0.265 e. The number of hydrogen-bond acceptors (Lipinski definition) is 4. The minimum absolute atomic E-state index is 0.124. The summed E-state index contributed by atoms with van der Waals surface area (Å²) in [5, 5.41) is 5.44. The number of likely N-dealkylation sites (tertiary alicyclic amines) is 1. The fourth-order valence-corrected chi connectivity index (χ4v) is 3.81. The Bertz CT molecular complexity index is 660. The van der Waals surface area contributed by atoms with E-state index in [2.05, 4.69) is 16.1 Å². The molecule has 1 atom stereocenters. The number of hydrogen-bond donors (Lipinski definition) is 0. The summed E-state index contributed by atoms with van der Waals surface area (Å²) in [7, 11) is 1.93. The van der Waals surface area contributed by atoms with E-state index in [1.807, 2.05) is 36.7 Å². The fourth-order valence-electron chi connectivity index (χ4n) is 2.93. The van der Waals surface area contributed by atoms with Crippen molar-refractivity contribution >= 4 is 17.2 Å². The van der Waals surface area contributed by atoms with Crippen molar-refractivity contribution in [2.75, 3.05) is 13.1 Å². The number of carbonyl (C=O) groups excluding carboxylic acids is 1. The Kier molecular flexibility index (Phi) is 3.80. The van der Waals surface area contributed by atoms with Crippen LogP contribution < -0.4 is 0 Å². The Hall–Kier alpha value is -1.69. The van der Waals surface area contributed by atoms with Gasteiger partial charge in [-0.15, -0.1) is 11.3 Å². The second-order valence-corrected chi connectivity index (χ2v) is 6.86. The van der Waals surface area contributed by atoms with Gasteiger partial charge in [-0.1, -0.05) is 0 Å². The maximum Gasteiger partial charge on any atom is 0.265 e. The lowest BCUT2D eigenvalue weighted by Crippen LogP contribution is -2.39. The first kappa shape index (κ1) is 14.3. The molecule has 3 heterocycles. The fraction of sp³-hybridized carbons (Fsp3) is 0.533. The Balaban J connectivity index is 1.77. The largest absolute Gasteiger partial charge is 0.337 e. The number of thiazole rings is 1. The average Bonchev–Trinajstić information content (AvgIpc) is 3.04. The highest BCUT2D eigenvalue weighted by Gasteiger charge is 2.28. The van der Waals surface area contributed by atoms with E-state index in [0.29, 0.717) is 5.92 Å². The second-order valence-electron chi connectivity index (χ2n) is 5.65. The zero-order valence-electron chi connectivity index (χ0n) is 12.7. The molecule has 0 aromatic carbocycles. The number of aryl methyl sites for hydroxylation is 3. The lowest BCUT2D eigenvalue weighted by molar-refractivity contribution is 0.0709. The highest BCUT2D eigenvalue weighted by Crippen LogP contribution is 2.28. The van der Waals surface area contributed by atoms with E-state index in [4.69, 9.17) is 0 Å². The van der Waals surface area contributed by atoms with E-state index >= 15 is 0 Å². The van der Waals surface area contributed by atoms with E-state index in [0.717, 1.165) is 47.2 Å². The van der Waals surface area contributed by atoms with Crippen molar-refractivity contribution < 1.29 is 4.79 Å². The van der Waals surface area contributed by atoms with Crippen LogP contribution in [0.15, 0.2) is 12.3 Å². The van der Waals surface area contributed by atoms with Gasteiger partial charge in [-0.05, 0) is 32.8 Å². The highest BCUT2D eigenvalue weighted by molar-refractivity contribution is 7.13. The van der Waals surface area contributed by atoms with Crippen LogP contribution in [0.25, 0.3) is 0 Å². The monoisotopic (exact) mass is 304 g/mol. The molecule has 1 aliphatic rings. The predicted molar refractivity (Wildman–Crippen MR) is 82.7 cm³/mol. The third kappa shape index (κ3) is 2.85. The summed E-state index contributed by atoms with van der Waals surface area (Å²) in [6, 6.07) is 2.06. The van der Waals surface area contributed by atoms with Crippen LogP contribution in [0.2, 0.25) is 0 Å². The van der Waals surface area contributed by atoms with E-state index in [9.17, 15) is 4.79 Å². The van der Waals surface area contributed by atoms with Crippen LogP contribution >= 0.6 is 11.3 Å². The summed E-state index contributed by atoms with van der Waals surface area (Å²) in [4.78, 5) is 19.8. The molecule has 1 saturated heterocycles. The lowest BCUT2D eigenvalue weighted by atomic mass is 9.95. The molecule has 2 aromatic rings. The van der Waals surface area contributed by atoms with Crippen LogP contribution in [0.5, 0.6) is 0 Å². The highest BCUT2D eigenvalue weighted by atomic mass is 32.1. The summed E-state index contributed by atoms with van der Waals surface area (Å²) in [6.07, 6.45) is 4.10. The summed E-state index contributed by atoms with van der Waals surface area (Å²) >= 11 is 1.50. The van der Waals surface area contributed by atoms with Crippen molar-refractivity contribution in [1.82, 2.24) is 19.7 Å². The minimum atomic E-state index is 0.124. The first-order chi connectivity index (χ1) is 10.0. The van der Waals surface area contributed by atoms with E-state index < -0.39 is 0 Å². The van der Waals surface area contributed by atoms with E-state index in [1.165, 1.54) is 11.3 Å². The van der Waals surface area contributed by atoms with Crippen LogP contribution in [0.3, 0.4) is 0 Å². The molecule has 1 fully saturated rings. The van der Waals surface area contributed by atoms with Gasteiger partial charge in [0.05, 0.1) is 16.4 Å². The van der Waals surface area contributed by atoms with Gasteiger partial charge in [-0.3, -0.25) is 9.48 Å². The zero-order valence-corrected chi connectivity index (χ0v) is 13.5. The predicted octanol–water partition coefficient (Wildman–Crippen LogP) is 2.51. The molecule has 5 nitrogen and oxygen atoms in total. The third-order valence-corrected chi connectivity index (χ3v) is 5.02. The third-order valence-electron chi connectivity index (χ3n) is 3.96. The van der Waals surface area contributed by atoms with Crippen molar-refractivity contribution in [2.45, 2.75) is 32.6 Å². The van der Waals surface area contributed by atoms with Gasteiger partial charge in [0.15, 0.2) is 0 Å². The number of piperidine rings is 1. The van der Waals surface area contributed by atoms with Crippen LogP contribution in [0.1, 0.15) is 44.8 Å². The summed E-state index contributed by atoms with van der Waals surface area (Å²) in [6.45, 7) is 5.45. The molecule has 3 rings (SSSR count). The Labute approximate surface area is 128 Å². The number of carbonyl (C=O) groups is 1. The number of nitrogens with zero attached hydrogens (tertiary/aromatic N) is 4.